The molecule has 0 spiro atoms. The normalized spacial score (nSPS) is 10.6. The Morgan fingerprint density at radius 2 is 1.61 bits per heavy atom. The van der Waals surface area contributed by atoms with Gasteiger partial charge in [-0.25, -0.2) is 0 Å². The zero-order valence-corrected chi connectivity index (χ0v) is 15.4. The van der Waals surface area contributed by atoms with Gasteiger partial charge in [0.2, 0.25) is 11.8 Å². The van der Waals surface area contributed by atoms with Crippen LogP contribution in [-0.2, 0) is 6.42 Å². The number of carbonyl (C=O) groups is 1. The second-order valence-electron chi connectivity index (χ2n) is 6.56. The van der Waals surface area contributed by atoms with E-state index in [1.807, 2.05) is 85.8 Å². The van der Waals surface area contributed by atoms with Gasteiger partial charge in [-0.05, 0) is 48.9 Å². The van der Waals surface area contributed by atoms with Crippen LogP contribution in [0.3, 0.4) is 0 Å². The van der Waals surface area contributed by atoms with Gasteiger partial charge in [0.1, 0.15) is 0 Å². The number of nitrogens with zero attached hydrogens (tertiary/aromatic N) is 2. The number of hydrogen-bond acceptors (Lipinski definition) is 4. The minimum Gasteiger partial charge on any atom is -0.420 e. The molecule has 0 aliphatic heterocycles. The van der Waals surface area contributed by atoms with Crippen LogP contribution in [-0.4, -0.2) is 16.1 Å². The summed E-state index contributed by atoms with van der Waals surface area (Å²) in [6, 6.07) is 24.8. The predicted molar refractivity (Wildman–Crippen MR) is 108 cm³/mol. The smallest absolute Gasteiger partial charge is 0.255 e. The van der Waals surface area contributed by atoms with Crippen LogP contribution < -0.4 is 5.32 Å². The molecule has 1 heterocycles. The molecule has 138 valence electrons. The summed E-state index contributed by atoms with van der Waals surface area (Å²) in [5, 5.41) is 11.1. The monoisotopic (exact) mass is 369 g/mol. The van der Waals surface area contributed by atoms with Gasteiger partial charge >= 0.3 is 0 Å². The molecule has 0 saturated carbocycles. The van der Waals surface area contributed by atoms with E-state index >= 15 is 0 Å². The van der Waals surface area contributed by atoms with Crippen molar-refractivity contribution < 1.29 is 9.21 Å². The number of benzene rings is 3. The summed E-state index contributed by atoms with van der Waals surface area (Å²) in [6.45, 7) is 1.99. The summed E-state index contributed by atoms with van der Waals surface area (Å²) >= 11 is 0. The topological polar surface area (TPSA) is 68.0 Å². The molecule has 5 heteroatoms. The maximum atomic E-state index is 12.3. The molecule has 0 fully saturated rings. The van der Waals surface area contributed by atoms with Gasteiger partial charge in [0.25, 0.3) is 5.91 Å². The fourth-order valence-electron chi connectivity index (χ4n) is 2.81. The van der Waals surface area contributed by atoms with E-state index in [0.717, 1.165) is 22.4 Å². The van der Waals surface area contributed by atoms with Crippen molar-refractivity contribution in [3.8, 4) is 11.5 Å². The lowest BCUT2D eigenvalue weighted by molar-refractivity contribution is 0.102. The molecule has 28 heavy (non-hydrogen) atoms. The highest BCUT2D eigenvalue weighted by Crippen LogP contribution is 2.19. The minimum absolute atomic E-state index is 0.128. The summed E-state index contributed by atoms with van der Waals surface area (Å²) < 4.78 is 5.74. The van der Waals surface area contributed by atoms with Crippen LogP contribution in [0.2, 0.25) is 0 Å². The first kappa shape index (κ1) is 17.7. The summed E-state index contributed by atoms with van der Waals surface area (Å²) in [7, 11) is 0. The lowest BCUT2D eigenvalue weighted by Crippen LogP contribution is -2.11. The molecule has 0 bridgehead atoms. The molecular weight excluding hydrogens is 350 g/mol. The van der Waals surface area contributed by atoms with Crippen molar-refractivity contribution in [2.24, 2.45) is 0 Å². The number of aryl methyl sites for hydroxylation is 1. The molecule has 0 unspecified atom stereocenters. The summed E-state index contributed by atoms with van der Waals surface area (Å²) in [5.74, 6) is 0.935. The maximum absolute atomic E-state index is 12.3. The minimum atomic E-state index is -0.128. The summed E-state index contributed by atoms with van der Waals surface area (Å²) in [6.07, 6.45) is 0.534. The number of rotatable bonds is 5. The van der Waals surface area contributed by atoms with Crippen LogP contribution in [0.5, 0.6) is 0 Å². The molecule has 5 nitrogen and oxygen atoms in total. The number of aromatic nitrogens is 2. The lowest BCUT2D eigenvalue weighted by Gasteiger charge is -2.06. The number of amides is 1. The molecule has 0 saturated heterocycles. The van der Waals surface area contributed by atoms with E-state index in [0.29, 0.717) is 23.8 Å². The second kappa shape index (κ2) is 7.88. The lowest BCUT2D eigenvalue weighted by atomic mass is 10.1. The first-order chi connectivity index (χ1) is 13.7. The van der Waals surface area contributed by atoms with Crippen LogP contribution in [0.1, 0.15) is 27.4 Å². The van der Waals surface area contributed by atoms with Crippen molar-refractivity contribution in [1.29, 1.82) is 0 Å². The zero-order chi connectivity index (χ0) is 19.3. The highest BCUT2D eigenvalue weighted by atomic mass is 16.4. The molecule has 4 aromatic rings. The Kier molecular flexibility index (Phi) is 4.97. The first-order valence-electron chi connectivity index (χ1n) is 9.02. The van der Waals surface area contributed by atoms with Gasteiger partial charge in [-0.3, -0.25) is 4.79 Å². The van der Waals surface area contributed by atoms with Crippen LogP contribution in [0.15, 0.2) is 83.3 Å². The summed E-state index contributed by atoms with van der Waals surface area (Å²) in [5.41, 5.74) is 4.42. The average Bonchev–Trinajstić information content (AvgIpc) is 3.19. The van der Waals surface area contributed by atoms with Crippen LogP contribution >= 0.6 is 0 Å². The van der Waals surface area contributed by atoms with Gasteiger partial charge in [-0.1, -0.05) is 48.0 Å². The third-order valence-corrected chi connectivity index (χ3v) is 4.37. The molecule has 0 radical (unpaired) electrons. The summed E-state index contributed by atoms with van der Waals surface area (Å²) in [4.78, 5) is 12.3. The van der Waals surface area contributed by atoms with Crippen molar-refractivity contribution in [3.05, 3.63) is 101 Å². The van der Waals surface area contributed by atoms with E-state index < -0.39 is 0 Å². The Labute approximate surface area is 163 Å². The molecule has 0 atom stereocenters. The standard InChI is InChI=1S/C23H19N3O2/c1-16-7-11-18(12-8-16)22(27)24-20-13-9-17(10-14-20)15-21-25-26-23(28-21)19-5-3-2-4-6-19/h2-14H,15H2,1H3,(H,24,27). The Hall–Kier alpha value is -3.73. The van der Waals surface area contributed by atoms with Gasteiger partial charge in [0.05, 0.1) is 6.42 Å². The molecule has 1 N–H and O–H groups in total. The molecule has 4 rings (SSSR count). The molecule has 0 aliphatic rings. The van der Waals surface area contributed by atoms with Gasteiger partial charge in [-0.2, -0.15) is 0 Å². The molecular formula is C23H19N3O2. The third kappa shape index (κ3) is 4.15. The van der Waals surface area contributed by atoms with E-state index in [9.17, 15) is 4.79 Å². The Morgan fingerprint density at radius 3 is 2.32 bits per heavy atom. The largest absolute Gasteiger partial charge is 0.420 e. The fourth-order valence-corrected chi connectivity index (χ4v) is 2.81. The number of nitrogens with one attached hydrogen (secondary N) is 1. The number of hydrogen-bond donors (Lipinski definition) is 1. The van der Waals surface area contributed by atoms with E-state index in [4.69, 9.17) is 4.42 Å². The van der Waals surface area contributed by atoms with Crippen molar-refractivity contribution in [3.63, 3.8) is 0 Å². The van der Waals surface area contributed by atoms with Crippen molar-refractivity contribution in [1.82, 2.24) is 10.2 Å². The Bertz CT molecular complexity index is 1070. The SMILES string of the molecule is Cc1ccc(C(=O)Nc2ccc(Cc3nnc(-c4ccccc4)o3)cc2)cc1. The van der Waals surface area contributed by atoms with E-state index in [-0.39, 0.29) is 5.91 Å². The van der Waals surface area contributed by atoms with Crippen LogP contribution in [0, 0.1) is 6.92 Å². The molecule has 0 aliphatic carbocycles. The van der Waals surface area contributed by atoms with Gasteiger partial charge in [0.15, 0.2) is 0 Å². The van der Waals surface area contributed by atoms with Gasteiger partial charge < -0.3 is 9.73 Å². The average molecular weight is 369 g/mol. The van der Waals surface area contributed by atoms with E-state index in [1.54, 1.807) is 0 Å². The van der Waals surface area contributed by atoms with Crippen molar-refractivity contribution in [2.45, 2.75) is 13.3 Å². The van der Waals surface area contributed by atoms with Gasteiger partial charge in [0, 0.05) is 16.8 Å². The van der Waals surface area contributed by atoms with Crippen molar-refractivity contribution in [2.75, 3.05) is 5.32 Å². The zero-order valence-electron chi connectivity index (χ0n) is 15.4. The Balaban J connectivity index is 1.40. The van der Waals surface area contributed by atoms with E-state index in [2.05, 4.69) is 15.5 Å². The predicted octanol–water partition coefficient (Wildman–Crippen LogP) is 4.89. The van der Waals surface area contributed by atoms with Crippen LogP contribution in [0.4, 0.5) is 5.69 Å². The van der Waals surface area contributed by atoms with Gasteiger partial charge in [-0.15, -0.1) is 10.2 Å². The highest BCUT2D eigenvalue weighted by molar-refractivity contribution is 6.04. The van der Waals surface area contributed by atoms with Crippen molar-refractivity contribution >= 4 is 11.6 Å². The number of anilines is 1. The second-order valence-corrected chi connectivity index (χ2v) is 6.56. The molecule has 1 aromatic heterocycles. The van der Waals surface area contributed by atoms with E-state index in [1.165, 1.54) is 0 Å². The fraction of sp³-hybridized carbons (Fsp3) is 0.0870. The molecule has 3 aromatic carbocycles. The quantitative estimate of drug-likeness (QED) is 0.544. The third-order valence-electron chi connectivity index (χ3n) is 4.37. The first-order valence-corrected chi connectivity index (χ1v) is 9.02. The maximum Gasteiger partial charge on any atom is 0.255 e. The molecule has 1 amide bonds. The highest BCUT2D eigenvalue weighted by Gasteiger charge is 2.10. The Morgan fingerprint density at radius 1 is 0.893 bits per heavy atom. The van der Waals surface area contributed by atoms with Crippen LogP contribution in [0.25, 0.3) is 11.5 Å². The number of carbonyl (C=O) groups excluding carboxylic acids is 1.